The second-order valence-corrected chi connectivity index (χ2v) is 10.4. The van der Waals surface area contributed by atoms with Crippen LogP contribution < -0.4 is 10.3 Å². The Hall–Kier alpha value is -2.78. The van der Waals surface area contributed by atoms with Crippen molar-refractivity contribution in [3.05, 3.63) is 80.5 Å². The highest BCUT2D eigenvalue weighted by molar-refractivity contribution is 7.98. The van der Waals surface area contributed by atoms with Gasteiger partial charge < -0.3 is 4.74 Å². The molecular formula is C26H23F3N2O2S2. The minimum atomic E-state index is -4.40. The van der Waals surface area contributed by atoms with E-state index in [0.29, 0.717) is 39.0 Å². The summed E-state index contributed by atoms with van der Waals surface area (Å²) in [7, 11) is 0. The Balaban J connectivity index is 1.59. The van der Waals surface area contributed by atoms with Crippen molar-refractivity contribution in [3.63, 3.8) is 0 Å². The van der Waals surface area contributed by atoms with Crippen LogP contribution in [0.1, 0.15) is 41.3 Å². The van der Waals surface area contributed by atoms with Crippen LogP contribution in [0, 0.1) is 0 Å². The second kappa shape index (κ2) is 9.70. The Kier molecular flexibility index (Phi) is 6.63. The monoisotopic (exact) mass is 516 g/mol. The predicted molar refractivity (Wildman–Crippen MR) is 134 cm³/mol. The molecule has 2 heterocycles. The minimum absolute atomic E-state index is 0.134. The maximum absolute atomic E-state index is 13.8. The quantitative estimate of drug-likeness (QED) is 0.204. The zero-order chi connectivity index (χ0) is 24.6. The molecular weight excluding hydrogens is 493 g/mol. The first-order chi connectivity index (χ1) is 16.8. The molecule has 0 saturated heterocycles. The fourth-order valence-corrected chi connectivity index (χ4v) is 6.61. The van der Waals surface area contributed by atoms with Gasteiger partial charge in [0.15, 0.2) is 5.16 Å². The molecule has 0 spiro atoms. The maximum Gasteiger partial charge on any atom is 0.416 e. The summed E-state index contributed by atoms with van der Waals surface area (Å²) in [5, 5.41) is 1.13. The van der Waals surface area contributed by atoms with Crippen LogP contribution >= 0.6 is 23.1 Å². The number of fused-ring (bicyclic) bond motifs is 3. The molecule has 1 aliphatic carbocycles. The van der Waals surface area contributed by atoms with E-state index in [4.69, 9.17) is 9.72 Å². The number of aromatic nitrogens is 2. The topological polar surface area (TPSA) is 44.1 Å². The largest absolute Gasteiger partial charge is 0.494 e. The van der Waals surface area contributed by atoms with Gasteiger partial charge in [0, 0.05) is 10.6 Å². The van der Waals surface area contributed by atoms with Gasteiger partial charge in [-0.2, -0.15) is 13.2 Å². The van der Waals surface area contributed by atoms with E-state index in [0.717, 1.165) is 43.4 Å². The molecule has 0 amide bonds. The van der Waals surface area contributed by atoms with Crippen LogP contribution in [-0.2, 0) is 24.8 Å². The number of halogens is 3. The lowest BCUT2D eigenvalue weighted by Crippen LogP contribution is -2.22. The number of nitrogens with zero attached hydrogens (tertiary/aromatic N) is 2. The molecule has 9 heteroatoms. The van der Waals surface area contributed by atoms with Gasteiger partial charge in [-0.25, -0.2) is 4.98 Å². The van der Waals surface area contributed by atoms with Crippen molar-refractivity contribution in [3.8, 4) is 11.4 Å². The van der Waals surface area contributed by atoms with Gasteiger partial charge in [-0.15, -0.1) is 11.3 Å². The van der Waals surface area contributed by atoms with Crippen molar-refractivity contribution in [2.75, 3.05) is 6.61 Å². The Labute approximate surface area is 208 Å². The van der Waals surface area contributed by atoms with Crippen LogP contribution in [0.15, 0.2) is 58.5 Å². The van der Waals surface area contributed by atoms with E-state index in [1.807, 2.05) is 19.1 Å². The molecule has 0 aliphatic heterocycles. The molecule has 4 aromatic rings. The van der Waals surface area contributed by atoms with Gasteiger partial charge in [-0.1, -0.05) is 30.0 Å². The SMILES string of the molecule is CCOc1ccc(-n2c(SCc3cccc(C(F)(F)F)c3)nc3sc4c(c3c2=O)CCCC4)cc1. The predicted octanol–water partition coefficient (Wildman–Crippen LogP) is 7.04. The molecule has 0 atom stereocenters. The summed E-state index contributed by atoms with van der Waals surface area (Å²) < 4.78 is 46.6. The van der Waals surface area contributed by atoms with Crippen molar-refractivity contribution in [2.24, 2.45) is 0 Å². The fourth-order valence-electron chi connectivity index (χ4n) is 4.35. The Morgan fingerprint density at radius 1 is 1.11 bits per heavy atom. The van der Waals surface area contributed by atoms with E-state index in [9.17, 15) is 18.0 Å². The third-order valence-corrected chi connectivity index (χ3v) is 8.18. The third-order valence-electron chi connectivity index (χ3n) is 5.99. The van der Waals surface area contributed by atoms with Gasteiger partial charge in [0.25, 0.3) is 5.56 Å². The number of hydrogen-bond donors (Lipinski definition) is 0. The third kappa shape index (κ3) is 4.84. The number of thiophene rings is 1. The molecule has 0 N–H and O–H groups in total. The van der Waals surface area contributed by atoms with Crippen LogP contribution in [0.3, 0.4) is 0 Å². The maximum atomic E-state index is 13.8. The molecule has 2 aromatic heterocycles. The fraction of sp³-hybridized carbons (Fsp3) is 0.308. The molecule has 4 nitrogen and oxygen atoms in total. The number of rotatable bonds is 6. The first kappa shape index (κ1) is 23.9. The molecule has 0 bridgehead atoms. The van der Waals surface area contributed by atoms with E-state index in [2.05, 4.69) is 0 Å². The molecule has 35 heavy (non-hydrogen) atoms. The summed E-state index contributed by atoms with van der Waals surface area (Å²) in [4.78, 5) is 20.6. The van der Waals surface area contributed by atoms with Gasteiger partial charge in [-0.3, -0.25) is 9.36 Å². The molecule has 5 rings (SSSR count). The lowest BCUT2D eigenvalue weighted by atomic mass is 9.97. The summed E-state index contributed by atoms with van der Waals surface area (Å²) in [5.41, 5.74) is 1.44. The average molecular weight is 517 g/mol. The Bertz CT molecular complexity index is 1430. The summed E-state index contributed by atoms with van der Waals surface area (Å²) in [5.74, 6) is 0.952. The summed E-state index contributed by atoms with van der Waals surface area (Å²) in [6, 6.07) is 12.5. The number of hydrogen-bond acceptors (Lipinski definition) is 5. The van der Waals surface area contributed by atoms with Crippen molar-refractivity contribution >= 4 is 33.3 Å². The Morgan fingerprint density at radius 2 is 1.89 bits per heavy atom. The van der Waals surface area contributed by atoms with Crippen molar-refractivity contribution in [1.82, 2.24) is 9.55 Å². The number of thioether (sulfide) groups is 1. The highest BCUT2D eigenvalue weighted by atomic mass is 32.2. The zero-order valence-electron chi connectivity index (χ0n) is 19.0. The van der Waals surface area contributed by atoms with Gasteiger partial charge >= 0.3 is 6.18 Å². The van der Waals surface area contributed by atoms with Crippen LogP contribution in [0.2, 0.25) is 0 Å². The lowest BCUT2D eigenvalue weighted by Gasteiger charge is -2.14. The van der Waals surface area contributed by atoms with E-state index in [-0.39, 0.29) is 11.3 Å². The molecule has 0 fully saturated rings. The Morgan fingerprint density at radius 3 is 2.63 bits per heavy atom. The molecule has 1 aliphatic rings. The minimum Gasteiger partial charge on any atom is -0.494 e. The van der Waals surface area contributed by atoms with Gasteiger partial charge in [0.05, 0.1) is 23.2 Å². The van der Waals surface area contributed by atoms with E-state index >= 15 is 0 Å². The first-order valence-corrected chi connectivity index (χ1v) is 13.2. The van der Waals surface area contributed by atoms with Crippen LogP contribution in [0.25, 0.3) is 15.9 Å². The zero-order valence-corrected chi connectivity index (χ0v) is 20.7. The van der Waals surface area contributed by atoms with Crippen LogP contribution in [0.4, 0.5) is 13.2 Å². The molecule has 0 radical (unpaired) electrons. The summed E-state index contributed by atoms with van der Waals surface area (Å²) in [6.07, 6.45) is -0.437. The molecule has 182 valence electrons. The summed E-state index contributed by atoms with van der Waals surface area (Å²) >= 11 is 2.83. The smallest absolute Gasteiger partial charge is 0.416 e. The van der Waals surface area contributed by atoms with E-state index < -0.39 is 11.7 Å². The van der Waals surface area contributed by atoms with E-state index in [1.54, 1.807) is 34.1 Å². The number of aryl methyl sites for hydroxylation is 2. The normalized spacial score (nSPS) is 13.7. The van der Waals surface area contributed by atoms with Crippen molar-refractivity contribution in [1.29, 1.82) is 0 Å². The van der Waals surface area contributed by atoms with Crippen molar-refractivity contribution in [2.45, 2.75) is 49.7 Å². The first-order valence-electron chi connectivity index (χ1n) is 11.4. The van der Waals surface area contributed by atoms with Gasteiger partial charge in [0.1, 0.15) is 10.6 Å². The van der Waals surface area contributed by atoms with Gasteiger partial charge in [0.2, 0.25) is 0 Å². The molecule has 0 unspecified atom stereocenters. The highest BCUT2D eigenvalue weighted by Crippen LogP contribution is 2.36. The van der Waals surface area contributed by atoms with Gasteiger partial charge in [-0.05, 0) is 74.1 Å². The van der Waals surface area contributed by atoms with Crippen LogP contribution in [0.5, 0.6) is 5.75 Å². The number of ether oxygens (including phenoxy) is 1. The standard InChI is InChI=1S/C26H23F3N2O2S2/c1-2-33-19-12-10-18(11-13-19)31-24(32)22-20-8-3-4-9-21(20)35-23(22)30-25(31)34-15-16-6-5-7-17(14-16)26(27,28)29/h5-7,10-14H,2-4,8-9,15H2,1H3. The second-order valence-electron chi connectivity index (χ2n) is 8.34. The average Bonchev–Trinajstić information content (AvgIpc) is 3.22. The van der Waals surface area contributed by atoms with E-state index in [1.165, 1.54) is 22.7 Å². The molecule has 0 saturated carbocycles. The number of benzene rings is 2. The van der Waals surface area contributed by atoms with Crippen molar-refractivity contribution < 1.29 is 17.9 Å². The number of alkyl halides is 3. The lowest BCUT2D eigenvalue weighted by molar-refractivity contribution is -0.137. The summed E-state index contributed by atoms with van der Waals surface area (Å²) in [6.45, 7) is 2.43. The molecule has 2 aromatic carbocycles. The van der Waals surface area contributed by atoms with Crippen LogP contribution in [-0.4, -0.2) is 16.2 Å². The highest BCUT2D eigenvalue weighted by Gasteiger charge is 2.30.